The minimum absolute atomic E-state index is 0. The molecule has 142 valence electrons. The Kier molecular flexibility index (Phi) is 10.5. The van der Waals surface area contributed by atoms with Crippen LogP contribution in [0.15, 0.2) is 4.99 Å². The van der Waals surface area contributed by atoms with Crippen molar-refractivity contribution >= 4 is 29.9 Å². The Bertz CT molecular complexity index is 372. The van der Waals surface area contributed by atoms with Gasteiger partial charge in [-0.2, -0.15) is 0 Å². The average Bonchev–Trinajstić information content (AvgIpc) is 3.06. The van der Waals surface area contributed by atoms with Crippen molar-refractivity contribution in [2.24, 2.45) is 4.99 Å². The van der Waals surface area contributed by atoms with Gasteiger partial charge in [0.1, 0.15) is 0 Å². The molecule has 0 amide bonds. The third kappa shape index (κ3) is 5.73. The summed E-state index contributed by atoms with van der Waals surface area (Å²) in [7, 11) is 1.92. The molecular formula is C18H38IN5. The van der Waals surface area contributed by atoms with Gasteiger partial charge in [-0.1, -0.05) is 27.2 Å². The Hall–Kier alpha value is -0.0800. The lowest BCUT2D eigenvalue weighted by molar-refractivity contribution is 0.156. The molecule has 2 heterocycles. The summed E-state index contributed by atoms with van der Waals surface area (Å²) in [6.07, 6.45) is 5.30. The van der Waals surface area contributed by atoms with Gasteiger partial charge in [-0.05, 0) is 45.4 Å². The molecule has 2 aliphatic rings. The fraction of sp³-hybridized carbons (Fsp3) is 0.944. The number of rotatable bonds is 6. The van der Waals surface area contributed by atoms with E-state index in [1.165, 1.54) is 38.8 Å². The summed E-state index contributed by atoms with van der Waals surface area (Å²) < 4.78 is 0. The number of aliphatic imine (C=N–C) groups is 1. The van der Waals surface area contributed by atoms with Crippen LogP contribution >= 0.6 is 24.0 Å². The molecule has 2 unspecified atom stereocenters. The molecule has 2 rings (SSSR count). The van der Waals surface area contributed by atoms with Gasteiger partial charge >= 0.3 is 0 Å². The third-order valence-electron chi connectivity index (χ3n) is 5.65. The van der Waals surface area contributed by atoms with Gasteiger partial charge < -0.3 is 10.2 Å². The number of hydrogen-bond donors (Lipinski definition) is 1. The molecule has 6 heteroatoms. The minimum atomic E-state index is 0. The topological polar surface area (TPSA) is 34.1 Å². The van der Waals surface area contributed by atoms with E-state index in [4.69, 9.17) is 0 Å². The van der Waals surface area contributed by atoms with E-state index in [0.717, 1.165) is 38.7 Å². The molecule has 0 aromatic rings. The number of likely N-dealkylation sites (tertiary alicyclic amines) is 2. The van der Waals surface area contributed by atoms with Gasteiger partial charge in [0.05, 0.1) is 0 Å². The molecule has 2 fully saturated rings. The maximum Gasteiger partial charge on any atom is 0.193 e. The van der Waals surface area contributed by atoms with Crippen molar-refractivity contribution < 1.29 is 0 Å². The Morgan fingerprint density at radius 3 is 2.50 bits per heavy atom. The summed E-state index contributed by atoms with van der Waals surface area (Å²) in [5.74, 6) is 1.10. The monoisotopic (exact) mass is 451 g/mol. The Balaban J connectivity index is 0.00000288. The SMILES string of the molecule is CCN(CC)C1CCN(C(=NC)NCC2CCCCN2CC)C1.I. The molecule has 2 atom stereocenters. The Labute approximate surface area is 166 Å². The predicted octanol–water partition coefficient (Wildman–Crippen LogP) is 2.47. The number of guanidine groups is 1. The first-order valence-electron chi connectivity index (χ1n) is 9.67. The summed E-state index contributed by atoms with van der Waals surface area (Å²) in [4.78, 5) is 12.2. The van der Waals surface area contributed by atoms with Crippen LogP contribution < -0.4 is 5.32 Å². The molecule has 0 radical (unpaired) electrons. The van der Waals surface area contributed by atoms with Crippen molar-refractivity contribution in [1.29, 1.82) is 0 Å². The summed E-state index contributed by atoms with van der Waals surface area (Å²) in [6, 6.07) is 1.36. The van der Waals surface area contributed by atoms with E-state index >= 15 is 0 Å². The number of hydrogen-bond acceptors (Lipinski definition) is 3. The largest absolute Gasteiger partial charge is 0.355 e. The van der Waals surface area contributed by atoms with Crippen molar-refractivity contribution in [3.63, 3.8) is 0 Å². The second kappa shape index (κ2) is 11.5. The molecule has 0 saturated carbocycles. The average molecular weight is 451 g/mol. The normalized spacial score (nSPS) is 25.9. The van der Waals surface area contributed by atoms with Gasteiger partial charge in [-0.25, -0.2) is 0 Å². The maximum absolute atomic E-state index is 4.55. The number of nitrogens with zero attached hydrogens (tertiary/aromatic N) is 4. The molecule has 2 aliphatic heterocycles. The van der Waals surface area contributed by atoms with Crippen molar-refractivity contribution in [2.75, 3.05) is 52.9 Å². The molecule has 0 aromatic carbocycles. The molecule has 0 bridgehead atoms. The fourth-order valence-electron chi connectivity index (χ4n) is 4.22. The zero-order valence-electron chi connectivity index (χ0n) is 16.1. The highest BCUT2D eigenvalue weighted by Crippen LogP contribution is 2.17. The minimum Gasteiger partial charge on any atom is -0.355 e. The third-order valence-corrected chi connectivity index (χ3v) is 5.65. The van der Waals surface area contributed by atoms with E-state index in [1.807, 2.05) is 7.05 Å². The Morgan fingerprint density at radius 1 is 1.12 bits per heavy atom. The highest BCUT2D eigenvalue weighted by molar-refractivity contribution is 14.0. The van der Waals surface area contributed by atoms with Gasteiger partial charge in [0.15, 0.2) is 5.96 Å². The van der Waals surface area contributed by atoms with Crippen LogP contribution in [0, 0.1) is 0 Å². The lowest BCUT2D eigenvalue weighted by atomic mass is 10.0. The lowest BCUT2D eigenvalue weighted by Crippen LogP contribution is -2.50. The summed E-state index contributed by atoms with van der Waals surface area (Å²) >= 11 is 0. The van der Waals surface area contributed by atoms with E-state index in [1.54, 1.807) is 0 Å². The smallest absolute Gasteiger partial charge is 0.193 e. The van der Waals surface area contributed by atoms with Gasteiger partial charge in [0.2, 0.25) is 0 Å². The van der Waals surface area contributed by atoms with Crippen molar-refractivity contribution in [2.45, 2.75) is 58.5 Å². The summed E-state index contributed by atoms with van der Waals surface area (Å²) in [5.41, 5.74) is 0. The summed E-state index contributed by atoms with van der Waals surface area (Å²) in [6.45, 7) is 14.8. The zero-order chi connectivity index (χ0) is 16.7. The van der Waals surface area contributed by atoms with Crippen LogP contribution in [0.4, 0.5) is 0 Å². The zero-order valence-corrected chi connectivity index (χ0v) is 18.5. The van der Waals surface area contributed by atoms with Crippen LogP contribution in [0.3, 0.4) is 0 Å². The van der Waals surface area contributed by atoms with E-state index in [9.17, 15) is 0 Å². The number of piperidine rings is 1. The second-order valence-corrected chi connectivity index (χ2v) is 6.82. The first kappa shape index (κ1) is 22.0. The number of nitrogens with one attached hydrogen (secondary N) is 1. The van der Waals surface area contributed by atoms with Crippen LogP contribution in [-0.2, 0) is 0 Å². The first-order chi connectivity index (χ1) is 11.2. The molecular weight excluding hydrogens is 413 g/mol. The van der Waals surface area contributed by atoms with Gasteiger partial charge in [-0.15, -0.1) is 24.0 Å². The number of likely N-dealkylation sites (N-methyl/N-ethyl adjacent to an activating group) is 2. The van der Waals surface area contributed by atoms with E-state index in [-0.39, 0.29) is 24.0 Å². The molecule has 0 aromatic heterocycles. The number of halogens is 1. The van der Waals surface area contributed by atoms with Gasteiger partial charge in [-0.3, -0.25) is 14.8 Å². The molecule has 24 heavy (non-hydrogen) atoms. The van der Waals surface area contributed by atoms with Crippen LogP contribution in [-0.4, -0.2) is 85.6 Å². The van der Waals surface area contributed by atoms with Crippen molar-refractivity contribution in [1.82, 2.24) is 20.0 Å². The maximum atomic E-state index is 4.55. The molecule has 1 N–H and O–H groups in total. The van der Waals surface area contributed by atoms with Crippen molar-refractivity contribution in [3.8, 4) is 0 Å². The molecule has 0 spiro atoms. The van der Waals surface area contributed by atoms with E-state index < -0.39 is 0 Å². The lowest BCUT2D eigenvalue weighted by Gasteiger charge is -2.36. The molecule has 2 saturated heterocycles. The van der Waals surface area contributed by atoms with Crippen LogP contribution in [0.2, 0.25) is 0 Å². The molecule has 0 aliphatic carbocycles. The highest BCUT2D eigenvalue weighted by Gasteiger charge is 2.28. The standard InChI is InChI=1S/C18H37N5.HI/c1-5-21(6-2)17-11-13-23(15-17)18(19-4)20-14-16-10-8-9-12-22(16)7-3;/h16-17H,5-15H2,1-4H3,(H,19,20);1H. The van der Waals surface area contributed by atoms with Crippen LogP contribution in [0.5, 0.6) is 0 Å². The highest BCUT2D eigenvalue weighted by atomic mass is 127. The van der Waals surface area contributed by atoms with E-state index in [2.05, 4.69) is 45.8 Å². The predicted molar refractivity (Wildman–Crippen MR) is 115 cm³/mol. The van der Waals surface area contributed by atoms with Crippen molar-refractivity contribution in [3.05, 3.63) is 0 Å². The Morgan fingerprint density at radius 2 is 1.88 bits per heavy atom. The van der Waals surface area contributed by atoms with Crippen LogP contribution in [0.1, 0.15) is 46.5 Å². The van der Waals surface area contributed by atoms with Gasteiger partial charge in [0, 0.05) is 38.8 Å². The first-order valence-corrected chi connectivity index (χ1v) is 9.67. The fourth-order valence-corrected chi connectivity index (χ4v) is 4.22. The molecule has 5 nitrogen and oxygen atoms in total. The second-order valence-electron chi connectivity index (χ2n) is 6.82. The quantitative estimate of drug-likeness (QED) is 0.382. The van der Waals surface area contributed by atoms with Crippen LogP contribution in [0.25, 0.3) is 0 Å². The van der Waals surface area contributed by atoms with Gasteiger partial charge in [0.25, 0.3) is 0 Å². The summed E-state index contributed by atoms with van der Waals surface area (Å²) in [5, 5.41) is 3.66. The van der Waals surface area contributed by atoms with E-state index in [0.29, 0.717) is 12.1 Å².